The number of nitrogens with zero attached hydrogens (tertiary/aromatic N) is 3. The molecule has 1 N–H and O–H groups in total. The van der Waals surface area contributed by atoms with Gasteiger partial charge in [0.25, 0.3) is 5.91 Å². The van der Waals surface area contributed by atoms with Crippen LogP contribution in [0.4, 0.5) is 19.7 Å². The van der Waals surface area contributed by atoms with Gasteiger partial charge in [0.15, 0.2) is 0 Å². The van der Waals surface area contributed by atoms with Crippen molar-refractivity contribution < 1.29 is 18.8 Å². The van der Waals surface area contributed by atoms with Crippen molar-refractivity contribution in [3.8, 4) is 0 Å². The second-order valence-corrected chi connectivity index (χ2v) is 8.88. The van der Waals surface area contributed by atoms with Gasteiger partial charge >= 0.3 is 12.1 Å². The van der Waals surface area contributed by atoms with Crippen LogP contribution in [0.15, 0.2) is 42.5 Å². The van der Waals surface area contributed by atoms with Crippen molar-refractivity contribution in [3.05, 3.63) is 63.9 Å². The first-order chi connectivity index (χ1) is 15.4. The number of fused-ring (bicyclic) bond motifs is 1. The Morgan fingerprint density at radius 3 is 2.53 bits per heavy atom. The number of hydrogen-bond donors (Lipinski definition) is 1. The summed E-state index contributed by atoms with van der Waals surface area (Å²) in [6, 6.07) is 10.6. The van der Waals surface area contributed by atoms with E-state index in [-0.39, 0.29) is 59.3 Å². The van der Waals surface area contributed by atoms with E-state index in [1.54, 1.807) is 0 Å². The smallest absolute Gasteiger partial charge is 0.320 e. The molecule has 10 heteroatoms. The molecule has 2 heterocycles. The maximum absolute atomic E-state index is 13.5. The minimum atomic E-state index is -0.716. The zero-order valence-electron chi connectivity index (χ0n) is 16.8. The van der Waals surface area contributed by atoms with Crippen molar-refractivity contribution in [2.75, 3.05) is 25.0 Å². The van der Waals surface area contributed by atoms with E-state index in [0.717, 1.165) is 18.1 Å². The van der Waals surface area contributed by atoms with Gasteiger partial charge < -0.3 is 15.1 Å². The summed E-state index contributed by atoms with van der Waals surface area (Å²) >= 11 is 11.8. The molecule has 5 amide bonds. The van der Waals surface area contributed by atoms with E-state index in [0.29, 0.717) is 0 Å². The first-order valence-corrected chi connectivity index (χ1v) is 11.0. The Bertz CT molecular complexity index is 1120. The van der Waals surface area contributed by atoms with Gasteiger partial charge in [-0.25, -0.2) is 14.0 Å². The molecule has 5 rings (SSSR count). The van der Waals surface area contributed by atoms with Gasteiger partial charge in [0.2, 0.25) is 0 Å². The van der Waals surface area contributed by atoms with E-state index in [4.69, 9.17) is 23.2 Å². The number of rotatable bonds is 3. The predicted octanol–water partition coefficient (Wildman–Crippen LogP) is 4.17. The van der Waals surface area contributed by atoms with Crippen LogP contribution in [0.5, 0.6) is 0 Å². The first kappa shape index (κ1) is 21.0. The zero-order valence-corrected chi connectivity index (χ0v) is 18.3. The molecule has 2 aromatic carbocycles. The SMILES string of the molecule is O=C(Nc1ccc(F)c(Cl)c1Cl)N1CCN2C(=O)N(C3CC3c3ccccc3)C(=O)C2C1. The maximum Gasteiger partial charge on any atom is 0.327 e. The maximum atomic E-state index is 13.5. The number of piperazine rings is 1. The number of halogens is 3. The van der Waals surface area contributed by atoms with Gasteiger partial charge in [0.05, 0.1) is 22.3 Å². The number of benzene rings is 2. The fourth-order valence-electron chi connectivity index (χ4n) is 4.45. The second-order valence-electron chi connectivity index (χ2n) is 8.12. The molecule has 3 fully saturated rings. The Balaban J connectivity index is 1.27. The van der Waals surface area contributed by atoms with Crippen molar-refractivity contribution in [3.63, 3.8) is 0 Å². The lowest BCUT2D eigenvalue weighted by Gasteiger charge is -2.35. The van der Waals surface area contributed by atoms with E-state index >= 15 is 0 Å². The monoisotopic (exact) mass is 476 g/mol. The zero-order chi connectivity index (χ0) is 22.6. The highest BCUT2D eigenvalue weighted by Gasteiger charge is 2.56. The van der Waals surface area contributed by atoms with Crippen molar-refractivity contribution in [1.82, 2.24) is 14.7 Å². The van der Waals surface area contributed by atoms with Crippen LogP contribution in [-0.4, -0.2) is 64.4 Å². The third-order valence-electron chi connectivity index (χ3n) is 6.23. The van der Waals surface area contributed by atoms with Crippen LogP contribution in [0.2, 0.25) is 10.0 Å². The minimum absolute atomic E-state index is 0.0716. The Labute approximate surface area is 193 Å². The molecule has 32 heavy (non-hydrogen) atoms. The average Bonchev–Trinajstić information content (AvgIpc) is 3.55. The van der Waals surface area contributed by atoms with E-state index in [1.807, 2.05) is 30.3 Å². The number of imide groups is 1. The molecule has 1 aliphatic carbocycles. The summed E-state index contributed by atoms with van der Waals surface area (Å²) in [6.07, 6.45) is 0.746. The van der Waals surface area contributed by atoms with E-state index in [1.165, 1.54) is 20.8 Å². The molecule has 2 aliphatic heterocycles. The van der Waals surface area contributed by atoms with E-state index < -0.39 is 17.9 Å². The van der Waals surface area contributed by atoms with Gasteiger partial charge in [0, 0.05) is 25.0 Å². The molecule has 0 bridgehead atoms. The molecule has 166 valence electrons. The van der Waals surface area contributed by atoms with Crippen LogP contribution < -0.4 is 5.32 Å². The number of carbonyl (C=O) groups is 3. The summed E-state index contributed by atoms with van der Waals surface area (Å²) in [5.41, 5.74) is 1.28. The summed E-state index contributed by atoms with van der Waals surface area (Å²) in [7, 11) is 0. The van der Waals surface area contributed by atoms with Crippen molar-refractivity contribution in [1.29, 1.82) is 0 Å². The van der Waals surface area contributed by atoms with Crippen LogP contribution in [-0.2, 0) is 4.79 Å². The molecule has 7 nitrogen and oxygen atoms in total. The minimum Gasteiger partial charge on any atom is -0.320 e. The predicted molar refractivity (Wildman–Crippen MR) is 117 cm³/mol. The average molecular weight is 477 g/mol. The molecular weight excluding hydrogens is 458 g/mol. The summed E-state index contributed by atoms with van der Waals surface area (Å²) in [5, 5.41) is 2.23. The van der Waals surface area contributed by atoms with E-state index in [9.17, 15) is 18.8 Å². The largest absolute Gasteiger partial charge is 0.327 e. The van der Waals surface area contributed by atoms with E-state index in [2.05, 4.69) is 5.32 Å². The number of anilines is 1. The van der Waals surface area contributed by atoms with Gasteiger partial charge in [-0.05, 0) is 24.1 Å². The third kappa shape index (κ3) is 3.47. The topological polar surface area (TPSA) is 73.0 Å². The van der Waals surface area contributed by atoms with Gasteiger partial charge in [0.1, 0.15) is 11.9 Å². The number of amides is 5. The Hall–Kier alpha value is -2.84. The summed E-state index contributed by atoms with van der Waals surface area (Å²) in [6.45, 7) is 0.580. The standard InChI is InChI=1S/C22H19Cl2FN4O3/c23-18-14(25)6-7-15(19(18)24)26-21(31)27-8-9-28-17(11-27)20(30)29(22(28)32)16-10-13(16)12-4-2-1-3-5-12/h1-7,13,16-17H,8-11H2,(H,26,31). The summed E-state index contributed by atoms with van der Waals surface area (Å²) < 4.78 is 13.5. The van der Waals surface area contributed by atoms with Gasteiger partial charge in [-0.15, -0.1) is 0 Å². The summed E-state index contributed by atoms with van der Waals surface area (Å²) in [4.78, 5) is 43.1. The van der Waals surface area contributed by atoms with Gasteiger partial charge in [-0.3, -0.25) is 9.69 Å². The highest BCUT2D eigenvalue weighted by Crippen LogP contribution is 2.47. The molecule has 3 aliphatic rings. The number of urea groups is 2. The molecule has 2 saturated heterocycles. The Morgan fingerprint density at radius 2 is 1.78 bits per heavy atom. The number of nitrogens with one attached hydrogen (secondary N) is 1. The lowest BCUT2D eigenvalue weighted by Crippen LogP contribution is -2.55. The fraction of sp³-hybridized carbons (Fsp3) is 0.318. The Kier molecular flexibility index (Phi) is 5.22. The van der Waals surface area contributed by atoms with Crippen molar-refractivity contribution >= 4 is 46.9 Å². The molecule has 2 aromatic rings. The molecule has 0 aromatic heterocycles. The van der Waals surface area contributed by atoms with Gasteiger partial charge in [-0.1, -0.05) is 53.5 Å². The molecule has 0 spiro atoms. The number of carbonyl (C=O) groups excluding carboxylic acids is 3. The molecule has 3 atom stereocenters. The van der Waals surface area contributed by atoms with Crippen LogP contribution >= 0.6 is 23.2 Å². The highest BCUT2D eigenvalue weighted by molar-refractivity contribution is 6.44. The first-order valence-electron chi connectivity index (χ1n) is 10.2. The third-order valence-corrected chi connectivity index (χ3v) is 7.09. The normalized spacial score (nSPS) is 24.6. The molecule has 0 radical (unpaired) electrons. The van der Waals surface area contributed by atoms with Crippen LogP contribution in [0, 0.1) is 5.82 Å². The van der Waals surface area contributed by atoms with Gasteiger partial charge in [-0.2, -0.15) is 0 Å². The molecule has 1 saturated carbocycles. The highest BCUT2D eigenvalue weighted by atomic mass is 35.5. The quantitative estimate of drug-likeness (QED) is 0.533. The second kappa shape index (κ2) is 7.94. The van der Waals surface area contributed by atoms with Crippen LogP contribution in [0.3, 0.4) is 0 Å². The lowest BCUT2D eigenvalue weighted by molar-refractivity contribution is -0.129. The van der Waals surface area contributed by atoms with Crippen LogP contribution in [0.1, 0.15) is 17.9 Å². The molecule has 3 unspecified atom stereocenters. The van der Waals surface area contributed by atoms with Crippen LogP contribution in [0.25, 0.3) is 0 Å². The Morgan fingerprint density at radius 1 is 1.03 bits per heavy atom. The fourth-order valence-corrected chi connectivity index (χ4v) is 4.81. The molecular formula is C22H19Cl2FN4O3. The number of hydrogen-bond acceptors (Lipinski definition) is 3. The van der Waals surface area contributed by atoms with Crippen molar-refractivity contribution in [2.24, 2.45) is 0 Å². The van der Waals surface area contributed by atoms with Crippen molar-refractivity contribution in [2.45, 2.75) is 24.4 Å². The summed E-state index contributed by atoms with van der Waals surface area (Å²) in [5.74, 6) is -0.818. The lowest BCUT2D eigenvalue weighted by atomic mass is 10.1.